The molecule has 0 radical (unpaired) electrons. The first-order valence-electron chi connectivity index (χ1n) is 5.28. The van der Waals surface area contributed by atoms with Gasteiger partial charge in [-0.2, -0.15) is 0 Å². The first-order valence-corrected chi connectivity index (χ1v) is 5.28. The molecule has 0 heterocycles. The van der Waals surface area contributed by atoms with E-state index in [-0.39, 0.29) is 5.82 Å². The molecule has 0 aliphatic heterocycles. The topological polar surface area (TPSA) is 12.0 Å². The minimum absolute atomic E-state index is 0.0806. The van der Waals surface area contributed by atoms with Crippen LogP contribution in [0.3, 0.4) is 0 Å². The Morgan fingerprint density at radius 1 is 1.21 bits per heavy atom. The summed E-state index contributed by atoms with van der Waals surface area (Å²) in [5.74, 6) is -0.0806. The quantitative estimate of drug-likeness (QED) is 0.688. The van der Waals surface area contributed by atoms with Crippen molar-refractivity contribution in [2.75, 3.05) is 13.1 Å². The van der Waals surface area contributed by atoms with Gasteiger partial charge < -0.3 is 5.32 Å². The average Bonchev–Trinajstić information content (AvgIpc) is 2.20. The van der Waals surface area contributed by atoms with Crippen LogP contribution in [0.5, 0.6) is 0 Å². The highest BCUT2D eigenvalue weighted by Crippen LogP contribution is 2.08. The molecule has 1 aromatic carbocycles. The molecule has 0 saturated carbocycles. The number of benzene rings is 1. The Morgan fingerprint density at radius 3 is 2.71 bits per heavy atom. The highest BCUT2D eigenvalue weighted by molar-refractivity contribution is 5.17. The fraction of sp³-hybridized carbons (Fsp3) is 0.500. The Hall–Kier alpha value is -0.890. The molecule has 0 bridgehead atoms. The third-order valence-electron chi connectivity index (χ3n) is 2.18. The van der Waals surface area contributed by atoms with Crippen LogP contribution in [0.25, 0.3) is 0 Å². The molecule has 0 spiro atoms. The number of aryl methyl sites for hydroxylation is 1. The van der Waals surface area contributed by atoms with Crippen molar-refractivity contribution in [3.05, 3.63) is 35.6 Å². The van der Waals surface area contributed by atoms with Crippen molar-refractivity contribution in [1.29, 1.82) is 0 Å². The van der Waals surface area contributed by atoms with Crippen LogP contribution >= 0.6 is 0 Å². The summed E-state index contributed by atoms with van der Waals surface area (Å²) < 4.78 is 13.1. The molecule has 1 nitrogen and oxygen atoms in total. The summed E-state index contributed by atoms with van der Waals surface area (Å²) in [5.41, 5.74) is 0.825. The van der Waals surface area contributed by atoms with Crippen molar-refractivity contribution < 1.29 is 4.39 Å². The van der Waals surface area contributed by atoms with Gasteiger partial charge >= 0.3 is 0 Å². The molecule has 0 atom stereocenters. The molecule has 0 unspecified atom stereocenters. The SMILES string of the molecule is CCCNCCCc1ccccc1F. The maximum Gasteiger partial charge on any atom is 0.126 e. The molecule has 2 heteroatoms. The van der Waals surface area contributed by atoms with Gasteiger partial charge in [-0.25, -0.2) is 4.39 Å². The van der Waals surface area contributed by atoms with Gasteiger partial charge in [0.05, 0.1) is 0 Å². The number of hydrogen-bond acceptors (Lipinski definition) is 1. The zero-order chi connectivity index (χ0) is 10.2. The van der Waals surface area contributed by atoms with Gasteiger partial charge in [0.25, 0.3) is 0 Å². The summed E-state index contributed by atoms with van der Waals surface area (Å²) in [6.07, 6.45) is 2.98. The maximum atomic E-state index is 13.1. The van der Waals surface area contributed by atoms with Gasteiger partial charge in [-0.1, -0.05) is 25.1 Å². The first-order chi connectivity index (χ1) is 6.84. The van der Waals surface area contributed by atoms with Crippen LogP contribution in [-0.2, 0) is 6.42 Å². The summed E-state index contributed by atoms with van der Waals surface area (Å²) in [4.78, 5) is 0. The van der Waals surface area contributed by atoms with E-state index in [4.69, 9.17) is 0 Å². The predicted molar refractivity (Wildman–Crippen MR) is 57.9 cm³/mol. The zero-order valence-corrected chi connectivity index (χ0v) is 8.72. The maximum absolute atomic E-state index is 13.1. The second-order valence-corrected chi connectivity index (χ2v) is 3.44. The van der Waals surface area contributed by atoms with Gasteiger partial charge in [-0.15, -0.1) is 0 Å². The van der Waals surface area contributed by atoms with E-state index in [1.807, 2.05) is 12.1 Å². The molecule has 0 aliphatic rings. The van der Waals surface area contributed by atoms with E-state index in [0.29, 0.717) is 0 Å². The molecule has 0 aliphatic carbocycles. The van der Waals surface area contributed by atoms with Crippen LogP contribution < -0.4 is 5.32 Å². The predicted octanol–water partition coefficient (Wildman–Crippen LogP) is 2.76. The highest BCUT2D eigenvalue weighted by atomic mass is 19.1. The van der Waals surface area contributed by atoms with E-state index in [2.05, 4.69) is 12.2 Å². The Bertz CT molecular complexity index is 260. The monoisotopic (exact) mass is 195 g/mol. The minimum Gasteiger partial charge on any atom is -0.317 e. The number of hydrogen-bond donors (Lipinski definition) is 1. The van der Waals surface area contributed by atoms with Crippen LogP contribution in [-0.4, -0.2) is 13.1 Å². The highest BCUT2D eigenvalue weighted by Gasteiger charge is 1.98. The van der Waals surface area contributed by atoms with E-state index in [1.54, 1.807) is 6.07 Å². The van der Waals surface area contributed by atoms with Crippen molar-refractivity contribution in [3.63, 3.8) is 0 Å². The Labute approximate surface area is 85.3 Å². The lowest BCUT2D eigenvalue weighted by molar-refractivity contribution is 0.592. The smallest absolute Gasteiger partial charge is 0.126 e. The molecular weight excluding hydrogens is 177 g/mol. The van der Waals surface area contributed by atoms with Gasteiger partial charge in [-0.05, 0) is 44.0 Å². The van der Waals surface area contributed by atoms with E-state index in [9.17, 15) is 4.39 Å². The van der Waals surface area contributed by atoms with Crippen LogP contribution in [0.1, 0.15) is 25.3 Å². The lowest BCUT2D eigenvalue weighted by Crippen LogP contribution is -2.16. The fourth-order valence-corrected chi connectivity index (χ4v) is 1.41. The lowest BCUT2D eigenvalue weighted by Gasteiger charge is -2.04. The fourth-order valence-electron chi connectivity index (χ4n) is 1.41. The molecule has 1 rings (SSSR count). The third-order valence-corrected chi connectivity index (χ3v) is 2.18. The van der Waals surface area contributed by atoms with Crippen LogP contribution in [0.2, 0.25) is 0 Å². The minimum atomic E-state index is -0.0806. The van der Waals surface area contributed by atoms with Crippen molar-refractivity contribution in [2.24, 2.45) is 0 Å². The van der Waals surface area contributed by atoms with Crippen molar-refractivity contribution in [3.8, 4) is 0 Å². The van der Waals surface area contributed by atoms with Crippen LogP contribution in [0, 0.1) is 5.82 Å². The second-order valence-electron chi connectivity index (χ2n) is 3.44. The normalized spacial score (nSPS) is 10.4. The van der Waals surface area contributed by atoms with E-state index in [1.165, 1.54) is 6.07 Å². The largest absolute Gasteiger partial charge is 0.317 e. The molecule has 1 aromatic rings. The summed E-state index contributed by atoms with van der Waals surface area (Å²) in [6, 6.07) is 7.00. The zero-order valence-electron chi connectivity index (χ0n) is 8.72. The lowest BCUT2D eigenvalue weighted by atomic mass is 10.1. The summed E-state index contributed by atoms with van der Waals surface area (Å²) in [5, 5.41) is 3.30. The van der Waals surface area contributed by atoms with E-state index >= 15 is 0 Å². The van der Waals surface area contributed by atoms with E-state index in [0.717, 1.165) is 37.9 Å². The van der Waals surface area contributed by atoms with Gasteiger partial charge in [0.15, 0.2) is 0 Å². The van der Waals surface area contributed by atoms with Crippen LogP contribution in [0.4, 0.5) is 4.39 Å². The van der Waals surface area contributed by atoms with Gasteiger partial charge in [0.1, 0.15) is 5.82 Å². The molecule has 78 valence electrons. The van der Waals surface area contributed by atoms with E-state index < -0.39 is 0 Å². The summed E-state index contributed by atoms with van der Waals surface area (Å²) in [6.45, 7) is 4.17. The molecule has 0 amide bonds. The van der Waals surface area contributed by atoms with Gasteiger partial charge in [-0.3, -0.25) is 0 Å². The average molecular weight is 195 g/mol. The standard InChI is InChI=1S/C12H18FN/c1-2-9-14-10-5-7-11-6-3-4-8-12(11)13/h3-4,6,8,14H,2,5,7,9-10H2,1H3. The molecule has 1 N–H and O–H groups in total. The first kappa shape index (κ1) is 11.2. The number of nitrogens with one attached hydrogen (secondary N) is 1. The Kier molecular flexibility index (Phi) is 5.23. The Morgan fingerprint density at radius 2 is 2.00 bits per heavy atom. The van der Waals surface area contributed by atoms with Crippen LogP contribution in [0.15, 0.2) is 24.3 Å². The molecule has 14 heavy (non-hydrogen) atoms. The number of rotatable bonds is 6. The number of halogens is 1. The second kappa shape index (κ2) is 6.55. The summed E-state index contributed by atoms with van der Waals surface area (Å²) in [7, 11) is 0. The van der Waals surface area contributed by atoms with Crippen molar-refractivity contribution in [2.45, 2.75) is 26.2 Å². The summed E-state index contributed by atoms with van der Waals surface area (Å²) >= 11 is 0. The van der Waals surface area contributed by atoms with Gasteiger partial charge in [0, 0.05) is 0 Å². The van der Waals surface area contributed by atoms with Gasteiger partial charge in [0.2, 0.25) is 0 Å². The molecule has 0 saturated heterocycles. The molecule has 0 aromatic heterocycles. The third kappa shape index (κ3) is 3.88. The van der Waals surface area contributed by atoms with Crippen molar-refractivity contribution >= 4 is 0 Å². The van der Waals surface area contributed by atoms with Crippen molar-refractivity contribution in [1.82, 2.24) is 5.32 Å². The Balaban J connectivity index is 2.21. The molecule has 0 fully saturated rings. The molecular formula is C12H18FN.